The van der Waals surface area contributed by atoms with Gasteiger partial charge in [-0.2, -0.15) is 0 Å². The molecule has 0 saturated carbocycles. The highest BCUT2D eigenvalue weighted by Gasteiger charge is 2.15. The van der Waals surface area contributed by atoms with Gasteiger partial charge in [-0.15, -0.1) is 0 Å². The van der Waals surface area contributed by atoms with Crippen LogP contribution in [-0.4, -0.2) is 25.2 Å². The van der Waals surface area contributed by atoms with Crippen molar-refractivity contribution < 1.29 is 19.1 Å². The number of allylic oxidation sites excluding steroid dienone is 6. The number of esters is 2. The first-order valence-corrected chi connectivity index (χ1v) is 9.14. The van der Waals surface area contributed by atoms with Gasteiger partial charge in [0.05, 0.1) is 0 Å². The van der Waals surface area contributed by atoms with Gasteiger partial charge in [-0.25, -0.2) is 9.59 Å². The zero-order chi connectivity index (χ0) is 19.9. The van der Waals surface area contributed by atoms with Crippen LogP contribution in [0.2, 0.25) is 0 Å². The Balaban J connectivity index is 4.07. The standard InChI is InChI=1S/C22H34O4/c1-17(2)9-7-11-19(5)13-15-25-21(23)22(24)26-16-14-20(6)12-8-10-18(3)4/h9-10,13-14H,7-8,11-12,15-16H2,1-6H3/b19-13+,20-14?. The summed E-state index contributed by atoms with van der Waals surface area (Å²) in [5.74, 6) is -1.90. The third kappa shape index (κ3) is 14.3. The van der Waals surface area contributed by atoms with Gasteiger partial charge >= 0.3 is 11.9 Å². The Hall–Kier alpha value is -2.10. The summed E-state index contributed by atoms with van der Waals surface area (Å²) in [6, 6.07) is 0. The van der Waals surface area contributed by atoms with Crippen LogP contribution in [0.4, 0.5) is 0 Å². The lowest BCUT2D eigenvalue weighted by Gasteiger charge is -2.04. The molecule has 26 heavy (non-hydrogen) atoms. The smallest absolute Gasteiger partial charge is 0.417 e. The predicted molar refractivity (Wildman–Crippen MR) is 107 cm³/mol. The van der Waals surface area contributed by atoms with E-state index >= 15 is 0 Å². The molecule has 0 N–H and O–H groups in total. The molecule has 0 aliphatic rings. The van der Waals surface area contributed by atoms with Crippen LogP contribution >= 0.6 is 0 Å². The molecule has 0 aromatic carbocycles. The highest BCUT2D eigenvalue weighted by molar-refractivity contribution is 6.29. The van der Waals surface area contributed by atoms with Crippen molar-refractivity contribution in [3.63, 3.8) is 0 Å². The molecule has 4 heteroatoms. The maximum atomic E-state index is 11.6. The average Bonchev–Trinajstić information content (AvgIpc) is 2.53. The second kappa shape index (κ2) is 14.1. The summed E-state index contributed by atoms with van der Waals surface area (Å²) in [7, 11) is 0. The van der Waals surface area contributed by atoms with Gasteiger partial charge in [0.1, 0.15) is 13.2 Å². The van der Waals surface area contributed by atoms with Crippen LogP contribution in [0.5, 0.6) is 0 Å². The average molecular weight is 363 g/mol. The topological polar surface area (TPSA) is 52.6 Å². The summed E-state index contributed by atoms with van der Waals surface area (Å²) in [6.45, 7) is 12.4. The van der Waals surface area contributed by atoms with E-state index < -0.39 is 11.9 Å². The van der Waals surface area contributed by atoms with E-state index in [1.54, 1.807) is 0 Å². The van der Waals surface area contributed by atoms with Gasteiger partial charge in [0.15, 0.2) is 0 Å². The fourth-order valence-corrected chi connectivity index (χ4v) is 2.02. The molecule has 0 atom stereocenters. The molecule has 0 aromatic heterocycles. The number of carbonyl (C=O) groups excluding carboxylic acids is 2. The number of hydrogen-bond donors (Lipinski definition) is 0. The van der Waals surface area contributed by atoms with Gasteiger partial charge in [-0.3, -0.25) is 0 Å². The Morgan fingerprint density at radius 3 is 1.27 bits per heavy atom. The summed E-state index contributed by atoms with van der Waals surface area (Å²) >= 11 is 0. The molecule has 0 radical (unpaired) electrons. The third-order valence-corrected chi connectivity index (χ3v) is 3.64. The van der Waals surface area contributed by atoms with E-state index in [1.165, 1.54) is 11.1 Å². The lowest BCUT2D eigenvalue weighted by molar-refractivity contribution is -0.166. The summed E-state index contributed by atoms with van der Waals surface area (Å²) < 4.78 is 9.83. The van der Waals surface area contributed by atoms with Crippen molar-refractivity contribution >= 4 is 11.9 Å². The molecule has 0 bridgehead atoms. The summed E-state index contributed by atoms with van der Waals surface area (Å²) in [4.78, 5) is 23.2. The Morgan fingerprint density at radius 1 is 0.615 bits per heavy atom. The first-order chi connectivity index (χ1) is 12.2. The second-order valence-corrected chi connectivity index (χ2v) is 6.94. The number of hydrogen-bond acceptors (Lipinski definition) is 4. The van der Waals surface area contributed by atoms with E-state index in [-0.39, 0.29) is 13.2 Å². The van der Waals surface area contributed by atoms with Crippen molar-refractivity contribution in [1.29, 1.82) is 0 Å². The van der Waals surface area contributed by atoms with E-state index in [0.29, 0.717) is 0 Å². The molecular weight excluding hydrogens is 328 g/mol. The summed E-state index contributed by atoms with van der Waals surface area (Å²) in [5, 5.41) is 0. The second-order valence-electron chi connectivity index (χ2n) is 6.94. The monoisotopic (exact) mass is 362 g/mol. The molecule has 0 aromatic rings. The lowest BCUT2D eigenvalue weighted by Crippen LogP contribution is -2.20. The van der Waals surface area contributed by atoms with E-state index in [4.69, 9.17) is 9.47 Å². The summed E-state index contributed by atoms with van der Waals surface area (Å²) in [5.41, 5.74) is 4.82. The van der Waals surface area contributed by atoms with Crippen LogP contribution in [0, 0.1) is 0 Å². The van der Waals surface area contributed by atoms with Crippen LogP contribution in [0.25, 0.3) is 0 Å². The normalized spacial score (nSPS) is 11.6. The molecule has 0 heterocycles. The quantitative estimate of drug-likeness (QED) is 0.294. The minimum atomic E-state index is -0.950. The Bertz CT molecular complexity index is 517. The highest BCUT2D eigenvalue weighted by atomic mass is 16.6. The van der Waals surface area contributed by atoms with Crippen LogP contribution in [-0.2, 0) is 19.1 Å². The van der Waals surface area contributed by atoms with Crippen molar-refractivity contribution in [3.8, 4) is 0 Å². The number of carbonyl (C=O) groups is 2. The molecule has 0 saturated heterocycles. The molecule has 146 valence electrons. The molecule has 0 rings (SSSR count). The van der Waals surface area contributed by atoms with Crippen LogP contribution < -0.4 is 0 Å². The maximum absolute atomic E-state index is 11.6. The zero-order valence-electron chi connectivity index (χ0n) is 17.2. The van der Waals surface area contributed by atoms with Crippen molar-refractivity contribution in [2.45, 2.75) is 67.2 Å². The van der Waals surface area contributed by atoms with Gasteiger partial charge in [-0.1, -0.05) is 34.4 Å². The van der Waals surface area contributed by atoms with E-state index in [1.807, 2.05) is 26.0 Å². The van der Waals surface area contributed by atoms with Crippen LogP contribution in [0.1, 0.15) is 67.2 Å². The molecule has 0 spiro atoms. The molecule has 0 aliphatic carbocycles. The fourth-order valence-electron chi connectivity index (χ4n) is 2.02. The Morgan fingerprint density at radius 2 is 0.962 bits per heavy atom. The van der Waals surface area contributed by atoms with Gasteiger partial charge in [-0.05, 0) is 79.4 Å². The number of rotatable bonds is 10. The molecule has 4 nitrogen and oxygen atoms in total. The third-order valence-electron chi connectivity index (χ3n) is 3.64. The van der Waals surface area contributed by atoms with E-state index in [9.17, 15) is 9.59 Å². The van der Waals surface area contributed by atoms with Gasteiger partial charge in [0, 0.05) is 0 Å². The minimum Gasteiger partial charge on any atom is -0.453 e. The predicted octanol–water partition coefficient (Wildman–Crippen LogP) is 5.46. The maximum Gasteiger partial charge on any atom is 0.417 e. The molecule has 0 aliphatic heterocycles. The Labute approximate surface area is 158 Å². The molecular formula is C22H34O4. The molecule has 0 amide bonds. The first-order valence-electron chi connectivity index (χ1n) is 9.14. The van der Waals surface area contributed by atoms with E-state index in [0.717, 1.165) is 36.8 Å². The Kier molecular flexibility index (Phi) is 13.0. The van der Waals surface area contributed by atoms with Crippen molar-refractivity contribution in [2.75, 3.05) is 13.2 Å². The van der Waals surface area contributed by atoms with Gasteiger partial charge in [0.2, 0.25) is 0 Å². The molecule has 0 fully saturated rings. The SMILES string of the molecule is CC(C)=CCCC(C)=CCOC(=O)C(=O)OC/C=C(\C)CCC=C(C)C. The van der Waals surface area contributed by atoms with Gasteiger partial charge < -0.3 is 9.47 Å². The van der Waals surface area contributed by atoms with Crippen molar-refractivity contribution in [1.82, 2.24) is 0 Å². The van der Waals surface area contributed by atoms with E-state index in [2.05, 4.69) is 39.8 Å². The number of ether oxygens (including phenoxy) is 2. The lowest BCUT2D eigenvalue weighted by atomic mass is 10.1. The zero-order valence-corrected chi connectivity index (χ0v) is 17.2. The first kappa shape index (κ1) is 23.9. The van der Waals surface area contributed by atoms with Crippen molar-refractivity contribution in [3.05, 3.63) is 46.6 Å². The minimum absolute atomic E-state index is 0.0894. The van der Waals surface area contributed by atoms with Gasteiger partial charge in [0.25, 0.3) is 0 Å². The fraction of sp³-hybridized carbons (Fsp3) is 0.545. The molecule has 0 unspecified atom stereocenters. The van der Waals surface area contributed by atoms with Crippen LogP contribution in [0.15, 0.2) is 46.6 Å². The largest absolute Gasteiger partial charge is 0.453 e. The highest BCUT2D eigenvalue weighted by Crippen LogP contribution is 2.07. The van der Waals surface area contributed by atoms with Crippen molar-refractivity contribution in [2.24, 2.45) is 0 Å². The van der Waals surface area contributed by atoms with Crippen LogP contribution in [0.3, 0.4) is 0 Å². The summed E-state index contributed by atoms with van der Waals surface area (Å²) in [6.07, 6.45) is 11.7.